The highest BCUT2D eigenvalue weighted by atomic mass is 32.2. The van der Waals surface area contributed by atoms with Crippen LogP contribution in [0.15, 0.2) is 0 Å². The van der Waals surface area contributed by atoms with Gasteiger partial charge in [0.25, 0.3) is 0 Å². The summed E-state index contributed by atoms with van der Waals surface area (Å²) in [6.45, 7) is 2.93. The molecular weight excluding hydrogens is 294 g/mol. The predicted octanol–water partition coefficient (Wildman–Crippen LogP) is 3.11. The van der Waals surface area contributed by atoms with Crippen LogP contribution in [0.3, 0.4) is 0 Å². The molecule has 0 amide bonds. The van der Waals surface area contributed by atoms with Crippen LogP contribution in [0.4, 0.5) is 0 Å². The molecule has 0 spiro atoms. The number of rotatable bonds is 12. The molecule has 1 unspecified atom stereocenters. The van der Waals surface area contributed by atoms with Crippen molar-refractivity contribution in [1.29, 1.82) is 0 Å². The third-order valence-electron chi connectivity index (χ3n) is 3.51. The molecule has 0 fully saturated rings. The molecule has 5 N–H and O–H groups in total. The van der Waals surface area contributed by atoms with Gasteiger partial charge in [0.15, 0.2) is 5.78 Å². The van der Waals surface area contributed by atoms with Crippen LogP contribution in [0.25, 0.3) is 0 Å². The molecule has 0 aliphatic rings. The second-order valence-corrected chi connectivity index (χ2v) is 7.14. The Labute approximate surface area is 128 Å². The fraction of sp³-hybridized carbons (Fsp3) is 0.929. The summed E-state index contributed by atoms with van der Waals surface area (Å²) in [6.07, 6.45) is 9.53. The Morgan fingerprint density at radius 2 is 1.38 bits per heavy atom. The fourth-order valence-electron chi connectivity index (χ4n) is 1.97. The zero-order chi connectivity index (χ0) is 15.6. The van der Waals surface area contributed by atoms with Gasteiger partial charge >= 0.3 is 0 Å². The molecule has 7 heteroatoms. The zero-order valence-corrected chi connectivity index (χ0v) is 14.4. The van der Waals surface area contributed by atoms with Gasteiger partial charge in [-0.05, 0) is 13.3 Å². The number of carbonyl (C=O) groups is 1. The Balaban J connectivity index is 0. The van der Waals surface area contributed by atoms with E-state index in [-0.39, 0.29) is 12.6 Å². The van der Waals surface area contributed by atoms with E-state index in [0.717, 1.165) is 26.2 Å². The molecule has 1 atom stereocenters. The van der Waals surface area contributed by atoms with Crippen LogP contribution in [-0.2, 0) is 14.9 Å². The molecule has 0 heterocycles. The van der Waals surface area contributed by atoms with E-state index in [4.69, 9.17) is 0 Å². The van der Waals surface area contributed by atoms with Crippen LogP contribution < -0.4 is 6.15 Å². The van der Waals surface area contributed by atoms with Crippen molar-refractivity contribution in [3.05, 3.63) is 0 Å². The van der Waals surface area contributed by atoms with Gasteiger partial charge in [0.1, 0.15) is 10.1 Å². The highest BCUT2D eigenvalue weighted by Crippen LogP contribution is 2.17. The minimum absolute atomic E-state index is 0. The number of carbonyl (C=O) groups excluding carboxylic acids is 1. The quantitative estimate of drug-likeness (QED) is 0.420. The van der Waals surface area contributed by atoms with Crippen molar-refractivity contribution >= 4 is 15.9 Å². The lowest BCUT2D eigenvalue weighted by Crippen LogP contribution is -2.43. The van der Waals surface area contributed by atoms with E-state index < -0.39 is 20.8 Å². The molecule has 0 aromatic carbocycles. The summed E-state index contributed by atoms with van der Waals surface area (Å²) >= 11 is 0. The third-order valence-corrected chi connectivity index (χ3v) is 4.71. The number of quaternary nitrogens is 1. The minimum Gasteiger partial charge on any atom is -0.745 e. The summed E-state index contributed by atoms with van der Waals surface area (Å²) in [6, 6.07) is 0. The molecule has 0 aromatic heterocycles. The topological polar surface area (TPSA) is 131 Å². The minimum atomic E-state index is -5.01. The van der Waals surface area contributed by atoms with Crippen molar-refractivity contribution < 1.29 is 22.9 Å². The van der Waals surface area contributed by atoms with Gasteiger partial charge in [-0.15, -0.1) is 0 Å². The van der Waals surface area contributed by atoms with Gasteiger partial charge in [-0.2, -0.15) is 0 Å². The molecule has 0 saturated heterocycles. The summed E-state index contributed by atoms with van der Waals surface area (Å²) in [5.41, 5.74) is 0. The van der Waals surface area contributed by atoms with E-state index in [1.54, 1.807) is 0 Å². The van der Waals surface area contributed by atoms with Crippen LogP contribution in [0.1, 0.15) is 78.1 Å². The standard InChI is InChI=1S/C14H28O5S.H3N/c1-3-4-5-6-7-8-9-10-11-12-13(15)14(2,16)20(17,18)19;/h16H,3-12H2,1-2H3,(H,17,18,19);1H3. The largest absolute Gasteiger partial charge is 0.745 e. The SMILES string of the molecule is CCCCCCCCCCCC(=O)C(C)(O)S(=O)(=O)[O-].[NH4+]. The second kappa shape index (κ2) is 11.1. The molecule has 0 aliphatic carbocycles. The van der Waals surface area contributed by atoms with E-state index >= 15 is 0 Å². The summed E-state index contributed by atoms with van der Waals surface area (Å²) in [5.74, 6) is -0.907. The Morgan fingerprint density at radius 3 is 1.76 bits per heavy atom. The average molecular weight is 325 g/mol. The first-order valence-corrected chi connectivity index (χ1v) is 8.85. The predicted molar refractivity (Wildman–Crippen MR) is 83.2 cm³/mol. The van der Waals surface area contributed by atoms with E-state index in [1.807, 2.05) is 0 Å². The zero-order valence-electron chi connectivity index (χ0n) is 13.6. The maximum Gasteiger partial charge on any atom is 0.210 e. The lowest BCUT2D eigenvalue weighted by molar-refractivity contribution is -0.129. The van der Waals surface area contributed by atoms with Gasteiger partial charge < -0.3 is 15.8 Å². The van der Waals surface area contributed by atoms with E-state index in [9.17, 15) is 22.9 Å². The van der Waals surface area contributed by atoms with Crippen LogP contribution >= 0.6 is 0 Å². The second-order valence-electron chi connectivity index (χ2n) is 5.44. The lowest BCUT2D eigenvalue weighted by Gasteiger charge is -2.24. The van der Waals surface area contributed by atoms with Gasteiger partial charge in [0.2, 0.25) is 4.93 Å². The van der Waals surface area contributed by atoms with Crippen molar-refractivity contribution in [2.45, 2.75) is 83.0 Å². The molecule has 21 heavy (non-hydrogen) atoms. The van der Waals surface area contributed by atoms with Crippen molar-refractivity contribution in [3.63, 3.8) is 0 Å². The first-order valence-electron chi connectivity index (χ1n) is 7.44. The first kappa shape index (κ1) is 22.8. The number of ketones is 1. The van der Waals surface area contributed by atoms with Crippen LogP contribution in [0.5, 0.6) is 0 Å². The Bertz CT molecular complexity index is 379. The average Bonchev–Trinajstić information content (AvgIpc) is 2.35. The molecule has 6 nitrogen and oxygen atoms in total. The molecular formula is C14H31NO5S. The van der Waals surface area contributed by atoms with Crippen molar-refractivity contribution in [1.82, 2.24) is 6.15 Å². The summed E-state index contributed by atoms with van der Waals surface area (Å²) in [7, 11) is -5.01. The Hall–Kier alpha value is -0.500. The molecule has 0 radical (unpaired) electrons. The Kier molecular flexibility index (Phi) is 12.1. The highest BCUT2D eigenvalue weighted by Gasteiger charge is 2.36. The van der Waals surface area contributed by atoms with Gasteiger partial charge in [-0.3, -0.25) is 4.79 Å². The molecule has 0 saturated carbocycles. The maximum atomic E-state index is 11.5. The van der Waals surface area contributed by atoms with E-state index in [2.05, 4.69) is 6.92 Å². The maximum absolute atomic E-state index is 11.5. The van der Waals surface area contributed by atoms with Crippen LogP contribution in [0.2, 0.25) is 0 Å². The Morgan fingerprint density at radius 1 is 1.00 bits per heavy atom. The molecule has 0 aromatic rings. The number of hydrogen-bond acceptors (Lipinski definition) is 5. The molecule has 0 bridgehead atoms. The summed E-state index contributed by atoms with van der Waals surface area (Å²) in [4.78, 5) is 8.70. The smallest absolute Gasteiger partial charge is 0.210 e. The first-order chi connectivity index (χ1) is 9.23. The summed E-state index contributed by atoms with van der Waals surface area (Å²) in [5, 5.41) is 9.39. The lowest BCUT2D eigenvalue weighted by atomic mass is 10.0. The van der Waals surface area contributed by atoms with E-state index in [1.165, 1.54) is 32.1 Å². The van der Waals surface area contributed by atoms with Gasteiger partial charge in [-0.25, -0.2) is 8.42 Å². The number of hydrogen-bond donors (Lipinski definition) is 2. The van der Waals surface area contributed by atoms with Crippen molar-refractivity contribution in [2.24, 2.45) is 0 Å². The van der Waals surface area contributed by atoms with E-state index in [0.29, 0.717) is 6.42 Å². The van der Waals surface area contributed by atoms with Gasteiger partial charge in [0.05, 0.1) is 0 Å². The molecule has 0 aliphatic heterocycles. The number of unbranched alkanes of at least 4 members (excludes halogenated alkanes) is 8. The number of aliphatic hydroxyl groups is 1. The third kappa shape index (κ3) is 9.18. The monoisotopic (exact) mass is 325 g/mol. The highest BCUT2D eigenvalue weighted by molar-refractivity contribution is 7.87. The molecule has 0 rings (SSSR count). The summed E-state index contributed by atoms with van der Waals surface area (Å²) < 4.78 is 32.2. The van der Waals surface area contributed by atoms with Crippen LogP contribution in [0, 0.1) is 0 Å². The van der Waals surface area contributed by atoms with Crippen molar-refractivity contribution in [3.8, 4) is 0 Å². The number of Topliss-reactive ketones (excluding diaryl/α,β-unsaturated/α-hetero) is 1. The van der Waals surface area contributed by atoms with Gasteiger partial charge in [0, 0.05) is 6.42 Å². The van der Waals surface area contributed by atoms with Crippen molar-refractivity contribution in [2.75, 3.05) is 0 Å². The fourth-order valence-corrected chi connectivity index (χ4v) is 2.35. The van der Waals surface area contributed by atoms with Gasteiger partial charge in [-0.1, -0.05) is 58.3 Å². The normalized spacial score (nSPS) is 14.3. The molecule has 128 valence electrons. The van der Waals surface area contributed by atoms with Crippen LogP contribution in [-0.4, -0.2) is 28.8 Å².